The molecule has 15 rings (SSSR count). The monoisotopic (exact) mass is 1710 g/mol. The Morgan fingerprint density at radius 1 is 0.575 bits per heavy atom. The quantitative estimate of drug-likeness (QED) is 0.0339. The minimum atomic E-state index is -0.650. The number of amides is 2. The van der Waals surface area contributed by atoms with Gasteiger partial charge in [-0.2, -0.15) is 25.5 Å². The lowest BCUT2D eigenvalue weighted by Crippen LogP contribution is -2.41. The molecule has 9 N–H and O–H groups in total. The number of carbonyl (C=O) groups is 2. The van der Waals surface area contributed by atoms with Crippen molar-refractivity contribution in [2.45, 2.75) is 118 Å². The summed E-state index contributed by atoms with van der Waals surface area (Å²) in [4.78, 5) is 76.8. The average molecular weight is 1710 g/mol. The minimum absolute atomic E-state index is 0.0456. The van der Waals surface area contributed by atoms with Crippen LogP contribution in [0.4, 0.5) is 26.7 Å². The van der Waals surface area contributed by atoms with Crippen molar-refractivity contribution in [1.82, 2.24) is 60.8 Å². The van der Waals surface area contributed by atoms with Crippen molar-refractivity contribution in [3.63, 3.8) is 0 Å². The van der Waals surface area contributed by atoms with Gasteiger partial charge in [-0.3, -0.25) is 28.7 Å². The van der Waals surface area contributed by atoms with E-state index in [1.807, 2.05) is 163 Å². The summed E-state index contributed by atoms with van der Waals surface area (Å²) >= 11 is 16.5. The van der Waals surface area contributed by atoms with Gasteiger partial charge in [0.15, 0.2) is 0 Å². The Hall–Kier alpha value is -13.2. The molecule has 608 valence electrons. The molecule has 14 aromatic rings. The summed E-state index contributed by atoms with van der Waals surface area (Å²) in [7, 11) is 4.75. The van der Waals surface area contributed by atoms with Gasteiger partial charge in [-0.1, -0.05) is 132 Å². The number of aromatic nitrogens is 10. The summed E-state index contributed by atoms with van der Waals surface area (Å²) in [6, 6.07) is 45.3. The number of halogens is 3. The van der Waals surface area contributed by atoms with E-state index in [1.165, 1.54) is 6.20 Å². The van der Waals surface area contributed by atoms with Crippen molar-refractivity contribution in [2.24, 2.45) is 30.6 Å². The Morgan fingerprint density at radius 2 is 0.975 bits per heavy atom. The van der Waals surface area contributed by atoms with Crippen LogP contribution in [0.25, 0.3) is 124 Å². The molecule has 1 aliphatic heterocycles. The van der Waals surface area contributed by atoms with E-state index in [1.54, 1.807) is 95.6 Å². The van der Waals surface area contributed by atoms with Crippen LogP contribution in [0, 0.1) is 26.6 Å². The van der Waals surface area contributed by atoms with E-state index in [9.17, 15) is 24.0 Å². The molecule has 0 radical (unpaired) electrons. The second kappa shape index (κ2) is 35.2. The fraction of sp³-hybridized carbons (Fsp3) is 0.236. The largest absolute Gasteiger partial charge is 0.494 e. The van der Waals surface area contributed by atoms with E-state index >= 15 is 0 Å². The molecule has 9 aromatic carbocycles. The van der Waals surface area contributed by atoms with E-state index in [-0.39, 0.29) is 36.3 Å². The standard InChI is InChI=1S/C29H25ClN6O3.C25H20N6O.C20H28BN3O5.C15H11BrClN3/c1-29(2,3)39-28(38)32-15-23-20-12-17(10-11-19(20)27(37)35-34-23)21-14-33-36(5)26(21)24-22(30)13-16-8-6-7-9-18(16)25(24)31-4;1-14-10-15-6-4-5-7-17(15)23(27-2)22(14)24-20(13-28-31(24)3)16-8-9-18-19(11-16)21(12-26)29-30-25(18)32;1-18(2,3)27-17(26)22-11-15-14-10-12(8-9-13(14)16(25)24-23-15)21-28-19(4,5)20(6,7)29-21;1-19-14-10-6-4-3-5-9(10)7-12(17)13(14)15(20-2)11(16)8-18/h6-14H,15H2,1-3,5H3,(H,32,38)(H,35,37);4-11,13H,12,26H2,1,3H3,(H,30,32);8-10H,11H2,1-7H3,(H,22,26)(H,24,25);3-8H,18H2,2H3. The second-order valence-corrected chi connectivity index (χ2v) is 32.7. The predicted molar refractivity (Wildman–Crippen MR) is 478 cm³/mol. The Labute approximate surface area is 708 Å². The van der Waals surface area contributed by atoms with Crippen LogP contribution >= 0.6 is 39.1 Å². The lowest BCUT2D eigenvalue weighted by molar-refractivity contribution is 0.00578. The molecule has 6 heterocycles. The zero-order chi connectivity index (χ0) is 86.6. The van der Waals surface area contributed by atoms with Crippen molar-refractivity contribution in [3.05, 3.63) is 272 Å². The van der Waals surface area contributed by atoms with Crippen LogP contribution in [0.5, 0.6) is 0 Å². The highest BCUT2D eigenvalue weighted by Crippen LogP contribution is 2.48. The predicted octanol–water partition coefficient (Wildman–Crippen LogP) is 17.7. The van der Waals surface area contributed by atoms with Crippen molar-refractivity contribution in [1.29, 1.82) is 0 Å². The summed E-state index contributed by atoms with van der Waals surface area (Å²) < 4.78 is 26.9. The van der Waals surface area contributed by atoms with E-state index in [2.05, 4.69) is 92.9 Å². The molecule has 0 spiro atoms. The number of hydrogen-bond acceptors (Lipinski definition) is 17. The van der Waals surface area contributed by atoms with Crippen LogP contribution in [0.1, 0.15) is 97.4 Å². The molecule has 0 atom stereocenters. The van der Waals surface area contributed by atoms with Crippen molar-refractivity contribution in [3.8, 4) is 44.8 Å². The molecule has 1 saturated heterocycles. The molecule has 5 aromatic heterocycles. The van der Waals surface area contributed by atoms with Crippen LogP contribution in [-0.2, 0) is 52.5 Å². The average Bonchev–Trinajstić information content (AvgIpc) is 1.49. The number of benzene rings is 9. The molecule has 0 aliphatic carbocycles. The number of nitrogens with two attached hydrogens (primary N) is 2. The van der Waals surface area contributed by atoms with Gasteiger partial charge < -0.3 is 40.9 Å². The molecule has 1 fully saturated rings. The first-order valence-corrected chi connectivity index (χ1v) is 39.3. The third-order valence-electron chi connectivity index (χ3n) is 20.3. The number of allylic oxidation sites excluding steroid dienone is 1. The maximum Gasteiger partial charge on any atom is 0.494 e. The maximum absolute atomic E-state index is 12.6. The van der Waals surface area contributed by atoms with Gasteiger partial charge >= 0.3 is 19.3 Å². The summed E-state index contributed by atoms with van der Waals surface area (Å²) in [5.41, 5.74) is 20.5. The molecule has 120 heavy (non-hydrogen) atoms. The number of aryl methyl sites for hydroxylation is 3. The maximum atomic E-state index is 12.6. The zero-order valence-corrected chi connectivity index (χ0v) is 71.3. The minimum Gasteiger partial charge on any atom is -0.444 e. The Balaban J connectivity index is 0.000000150. The number of fused-ring (bicyclic) bond motifs is 6. The highest BCUT2D eigenvalue weighted by Gasteiger charge is 2.52. The Morgan fingerprint density at radius 3 is 1.42 bits per heavy atom. The number of alkyl carbamates (subject to hydrolysis) is 2. The molecule has 1 aliphatic rings. The molecule has 27 nitrogen and oxygen atoms in total. The van der Waals surface area contributed by atoms with Gasteiger partial charge in [0, 0.05) is 87.9 Å². The molecular formula is C89H84BBrCl2N18O9. The molecule has 31 heteroatoms. The number of ether oxygens (including phenoxy) is 2. The molecule has 0 saturated carbocycles. The van der Waals surface area contributed by atoms with Gasteiger partial charge in [-0.15, -0.1) is 0 Å². The van der Waals surface area contributed by atoms with Gasteiger partial charge in [0.2, 0.25) is 17.1 Å². The first kappa shape index (κ1) is 86.2. The van der Waals surface area contributed by atoms with Crippen LogP contribution in [0.2, 0.25) is 10.0 Å². The SMILES string of the molecule is CC(C)(C)OC(=O)NCc1n[nH]c(=O)c2ccc(B3OC(C)(C)C(C)(C)O3)cc12.[C-]#[N+]c1c(-c2c(-c3ccc4c(=O)[nH]nc(CN)c4c3)cnn2C)c(C)cc2ccccc12.[C-]#[N+]c1c(-c2c(-c3ccc4c(=O)[nH]nc(CNC(=O)OC(C)(C)C)c4c3)cnn2C)c(Cl)cc2ccccc12.[C-]#[N+]c1c(C(=NC)C(Br)=CN)c(Cl)cc2ccccc12. The van der Waals surface area contributed by atoms with E-state index in [4.69, 9.17) is 73.2 Å². The van der Waals surface area contributed by atoms with Gasteiger partial charge in [0.25, 0.3) is 16.7 Å². The Bertz CT molecular complexity index is 6820. The Kier molecular flexibility index (Phi) is 25.3. The summed E-state index contributed by atoms with van der Waals surface area (Å²) in [5.74, 6) is 0. The van der Waals surface area contributed by atoms with E-state index in [0.717, 1.165) is 76.9 Å². The van der Waals surface area contributed by atoms with Crippen molar-refractivity contribution >= 4 is 151 Å². The lowest BCUT2D eigenvalue weighted by atomic mass is 9.78. The topological polar surface area (TPSA) is 345 Å². The number of nitrogens with one attached hydrogen (secondary N) is 5. The van der Waals surface area contributed by atoms with E-state index in [0.29, 0.717) is 104 Å². The normalized spacial score (nSPS) is 13.2. The van der Waals surface area contributed by atoms with Crippen LogP contribution in [0.15, 0.2) is 188 Å². The third-order valence-corrected chi connectivity index (χ3v) is 21.5. The summed E-state index contributed by atoms with van der Waals surface area (Å²) in [6.07, 6.45) is 3.74. The van der Waals surface area contributed by atoms with E-state index < -0.39 is 41.7 Å². The first-order valence-electron chi connectivity index (χ1n) is 37.7. The van der Waals surface area contributed by atoms with Gasteiger partial charge in [-0.25, -0.2) is 39.4 Å². The molecule has 2 amide bonds. The highest BCUT2D eigenvalue weighted by atomic mass is 79.9. The number of hydrogen-bond donors (Lipinski definition) is 7. The third kappa shape index (κ3) is 18.0. The van der Waals surface area contributed by atoms with Crippen LogP contribution in [-0.4, -0.2) is 105 Å². The zero-order valence-electron chi connectivity index (χ0n) is 68.2. The number of aliphatic imine (C=N–C) groups is 1. The van der Waals surface area contributed by atoms with Gasteiger partial charge in [0.05, 0.1) is 111 Å². The molecule has 0 bridgehead atoms. The fourth-order valence-electron chi connectivity index (χ4n) is 14.0. The molecular weight excluding hydrogens is 1630 g/mol. The van der Waals surface area contributed by atoms with Gasteiger partial charge in [0.1, 0.15) is 11.2 Å². The van der Waals surface area contributed by atoms with Crippen LogP contribution < -0.4 is 44.2 Å². The smallest absolute Gasteiger partial charge is 0.444 e. The first-order chi connectivity index (χ1) is 57.0. The number of rotatable bonds is 12. The number of H-pyrrole nitrogens is 3. The highest BCUT2D eigenvalue weighted by molar-refractivity contribution is 9.12. The molecule has 0 unspecified atom stereocenters. The van der Waals surface area contributed by atoms with Crippen molar-refractivity contribution < 1.29 is 28.4 Å². The number of carbonyl (C=O) groups excluding carboxylic acids is 2. The lowest BCUT2D eigenvalue weighted by Gasteiger charge is -2.32. The fourth-order valence-corrected chi connectivity index (χ4v) is 14.9. The second-order valence-electron chi connectivity index (χ2n) is 31.1. The summed E-state index contributed by atoms with van der Waals surface area (Å²) in [5, 5.41) is 43.8. The van der Waals surface area contributed by atoms with Gasteiger partial charge in [-0.05, 0) is 183 Å². The summed E-state index contributed by atoms with van der Waals surface area (Å²) in [6.45, 7) is 44.4. The van der Waals surface area contributed by atoms with Crippen molar-refractivity contribution in [2.75, 3.05) is 7.05 Å². The number of aromatic amines is 3. The van der Waals surface area contributed by atoms with Crippen LogP contribution in [0.3, 0.4) is 0 Å². The number of nitrogens with zero attached hydrogens (tertiary/aromatic N) is 11.